The topological polar surface area (TPSA) is 91.3 Å². The van der Waals surface area contributed by atoms with Crippen LogP contribution in [0.25, 0.3) is 6.08 Å². The van der Waals surface area contributed by atoms with Crippen LogP contribution in [0.4, 0.5) is 0 Å². The molecule has 2 aromatic rings. The van der Waals surface area contributed by atoms with Crippen molar-refractivity contribution in [2.75, 3.05) is 21.3 Å². The second kappa shape index (κ2) is 8.26. The summed E-state index contributed by atoms with van der Waals surface area (Å²) in [6, 6.07) is 14.4. The average Bonchev–Trinajstić information content (AvgIpc) is 2.82. The van der Waals surface area contributed by atoms with Crippen molar-refractivity contribution in [3.63, 3.8) is 0 Å². The van der Waals surface area contributed by atoms with Gasteiger partial charge in [0.05, 0.1) is 13.5 Å². The van der Waals surface area contributed by atoms with Gasteiger partial charge in [-0.3, -0.25) is 9.59 Å². The van der Waals surface area contributed by atoms with Gasteiger partial charge >= 0.3 is 0 Å². The summed E-state index contributed by atoms with van der Waals surface area (Å²) in [6.07, 6.45) is 2.74. The number of benzene rings is 2. The summed E-state index contributed by atoms with van der Waals surface area (Å²) in [6.45, 7) is 0. The van der Waals surface area contributed by atoms with Crippen molar-refractivity contribution >= 4 is 17.6 Å². The van der Waals surface area contributed by atoms with E-state index in [1.54, 1.807) is 31.4 Å². The summed E-state index contributed by atoms with van der Waals surface area (Å²) in [5.74, 6) is -2.31. The molecule has 2 atom stereocenters. The summed E-state index contributed by atoms with van der Waals surface area (Å²) in [4.78, 5) is 26.8. The molecule has 0 spiro atoms. The Kier molecular flexibility index (Phi) is 5.62. The lowest BCUT2D eigenvalue weighted by Crippen LogP contribution is -2.71. The number of hydrogen-bond acceptors (Lipinski definition) is 7. The Balaban J connectivity index is 1.81. The molecule has 0 saturated heterocycles. The van der Waals surface area contributed by atoms with Crippen molar-refractivity contribution in [1.29, 1.82) is 0 Å². The van der Waals surface area contributed by atoms with Crippen LogP contribution in [0.15, 0.2) is 65.9 Å². The zero-order valence-corrected chi connectivity index (χ0v) is 18.1. The van der Waals surface area contributed by atoms with Gasteiger partial charge in [0.25, 0.3) is 5.79 Å². The number of ether oxygens (including phenoxy) is 4. The molecule has 7 nitrogen and oxygen atoms in total. The molecule has 2 aromatic carbocycles. The van der Waals surface area contributed by atoms with E-state index in [1.165, 1.54) is 20.3 Å². The van der Waals surface area contributed by atoms with Gasteiger partial charge in [-0.25, -0.2) is 0 Å². The highest BCUT2D eigenvalue weighted by molar-refractivity contribution is 6.26. The fraction of sp³-hybridized carbons (Fsp3) is 0.280. The smallest absolute Gasteiger partial charge is 0.254 e. The fourth-order valence-electron chi connectivity index (χ4n) is 4.32. The van der Waals surface area contributed by atoms with Crippen LogP contribution in [0.5, 0.6) is 11.5 Å². The predicted molar refractivity (Wildman–Crippen MR) is 117 cm³/mol. The Bertz CT molecular complexity index is 1120. The molecule has 1 N–H and O–H groups in total. The molecule has 1 saturated carbocycles. The minimum Gasteiger partial charge on any atom is -0.507 e. The molecule has 1 aliphatic carbocycles. The molecule has 4 rings (SSSR count). The van der Waals surface area contributed by atoms with E-state index >= 15 is 0 Å². The summed E-state index contributed by atoms with van der Waals surface area (Å²) in [5, 5.41) is 10.7. The summed E-state index contributed by atoms with van der Waals surface area (Å²) < 4.78 is 22.8. The molecule has 1 aliphatic heterocycles. The standard InChI is InChI=1S/C25H24O7/c1-29-18-10-12-21-17(13-18)14-24(30-2)23(28)22(20(27)15-25(24,31-3)32-21)19(26)11-9-16-7-5-4-6-8-16/h4-13,26H,14-15H2,1-3H3. The quantitative estimate of drug-likeness (QED) is 0.436. The number of allylic oxidation sites excluding steroid dienone is 1. The van der Waals surface area contributed by atoms with Crippen LogP contribution in [0.1, 0.15) is 17.5 Å². The second-order valence-corrected chi connectivity index (χ2v) is 7.67. The Morgan fingerprint density at radius 1 is 1.03 bits per heavy atom. The lowest BCUT2D eigenvalue weighted by molar-refractivity contribution is -0.278. The van der Waals surface area contributed by atoms with E-state index in [9.17, 15) is 14.7 Å². The van der Waals surface area contributed by atoms with E-state index < -0.39 is 28.7 Å². The minimum atomic E-state index is -1.67. The molecular weight excluding hydrogens is 412 g/mol. The molecule has 2 aliphatic rings. The number of aliphatic hydroxyl groups is 1. The van der Waals surface area contributed by atoms with Gasteiger partial charge in [0.15, 0.2) is 5.78 Å². The van der Waals surface area contributed by atoms with Gasteiger partial charge in [-0.15, -0.1) is 0 Å². The zero-order valence-electron chi connectivity index (χ0n) is 18.1. The van der Waals surface area contributed by atoms with Crippen LogP contribution in [0.3, 0.4) is 0 Å². The summed E-state index contributed by atoms with van der Waals surface area (Å²) >= 11 is 0. The molecule has 1 heterocycles. The highest BCUT2D eigenvalue weighted by Crippen LogP contribution is 2.49. The number of hydrogen-bond donors (Lipinski definition) is 1. The number of methoxy groups -OCH3 is 3. The van der Waals surface area contributed by atoms with E-state index in [2.05, 4.69) is 0 Å². The van der Waals surface area contributed by atoms with Crippen LogP contribution < -0.4 is 9.47 Å². The number of carbonyl (C=O) groups is 2. The first-order chi connectivity index (χ1) is 15.4. The molecule has 0 bridgehead atoms. The first-order valence-electron chi connectivity index (χ1n) is 10.1. The maximum absolute atomic E-state index is 13.7. The van der Waals surface area contributed by atoms with E-state index in [-0.39, 0.29) is 18.4 Å². The summed E-state index contributed by atoms with van der Waals surface area (Å²) in [7, 11) is 4.27. The Morgan fingerprint density at radius 3 is 2.44 bits per heavy atom. The normalized spacial score (nSPS) is 26.3. The SMILES string of the molecule is COc1ccc2c(c1)CC1(OC)C(=O)C(=C(O)C=Cc3ccccc3)C(=O)CC1(OC)O2. The van der Waals surface area contributed by atoms with Gasteiger partial charge in [0, 0.05) is 26.2 Å². The number of aliphatic hydroxyl groups excluding tert-OH is 1. The Hall–Kier alpha value is -3.42. The third kappa shape index (κ3) is 3.30. The van der Waals surface area contributed by atoms with Crippen LogP contribution in [-0.4, -0.2) is 49.4 Å². The Labute approximate surface area is 185 Å². The largest absolute Gasteiger partial charge is 0.507 e. The molecule has 0 aromatic heterocycles. The third-order valence-corrected chi connectivity index (χ3v) is 6.03. The van der Waals surface area contributed by atoms with Crippen molar-refractivity contribution in [2.24, 2.45) is 0 Å². The number of fused-ring (bicyclic) bond motifs is 2. The van der Waals surface area contributed by atoms with Crippen LogP contribution in [-0.2, 0) is 25.5 Å². The minimum absolute atomic E-state index is 0.0785. The van der Waals surface area contributed by atoms with Gasteiger partial charge in [-0.1, -0.05) is 36.4 Å². The first kappa shape index (κ1) is 21.8. The monoisotopic (exact) mass is 436 g/mol. The van der Waals surface area contributed by atoms with Gasteiger partial charge in [-0.05, 0) is 29.8 Å². The van der Waals surface area contributed by atoms with Gasteiger partial charge in [-0.2, -0.15) is 0 Å². The van der Waals surface area contributed by atoms with E-state index in [0.29, 0.717) is 17.1 Å². The van der Waals surface area contributed by atoms with Crippen LogP contribution >= 0.6 is 0 Å². The van der Waals surface area contributed by atoms with Crippen molar-refractivity contribution in [3.8, 4) is 11.5 Å². The van der Waals surface area contributed by atoms with Crippen molar-refractivity contribution < 1.29 is 33.6 Å². The van der Waals surface area contributed by atoms with Crippen molar-refractivity contribution in [2.45, 2.75) is 24.2 Å². The van der Waals surface area contributed by atoms with E-state index in [0.717, 1.165) is 5.56 Å². The maximum Gasteiger partial charge on any atom is 0.254 e. The Morgan fingerprint density at radius 2 is 1.78 bits per heavy atom. The maximum atomic E-state index is 13.7. The fourth-order valence-corrected chi connectivity index (χ4v) is 4.32. The molecule has 1 fully saturated rings. The molecule has 2 unspecified atom stereocenters. The van der Waals surface area contributed by atoms with Crippen LogP contribution in [0, 0.1) is 0 Å². The van der Waals surface area contributed by atoms with Crippen LogP contribution in [0.2, 0.25) is 0 Å². The molecular formula is C25H24O7. The molecule has 0 amide bonds. The number of Topliss-reactive ketones (excluding diaryl/α,β-unsaturated/α-hetero) is 2. The predicted octanol–water partition coefficient (Wildman–Crippen LogP) is 3.43. The molecule has 32 heavy (non-hydrogen) atoms. The lowest BCUT2D eigenvalue weighted by atomic mass is 9.69. The molecule has 7 heteroatoms. The molecule has 166 valence electrons. The third-order valence-electron chi connectivity index (χ3n) is 6.03. The first-order valence-corrected chi connectivity index (χ1v) is 10.1. The van der Waals surface area contributed by atoms with Gasteiger partial charge in [0.1, 0.15) is 22.8 Å². The number of rotatable bonds is 5. The number of ketones is 2. The zero-order chi connectivity index (χ0) is 22.9. The van der Waals surface area contributed by atoms with E-state index in [4.69, 9.17) is 18.9 Å². The van der Waals surface area contributed by atoms with Crippen molar-refractivity contribution in [1.82, 2.24) is 0 Å². The lowest BCUT2D eigenvalue weighted by Gasteiger charge is -2.52. The highest BCUT2D eigenvalue weighted by Gasteiger charge is 2.68. The second-order valence-electron chi connectivity index (χ2n) is 7.67. The van der Waals surface area contributed by atoms with E-state index in [1.807, 2.05) is 30.3 Å². The molecule has 0 radical (unpaired) electrons. The number of carbonyl (C=O) groups excluding carboxylic acids is 2. The average molecular weight is 436 g/mol. The van der Waals surface area contributed by atoms with Crippen molar-refractivity contribution in [3.05, 3.63) is 77.1 Å². The van der Waals surface area contributed by atoms with Gasteiger partial charge < -0.3 is 24.1 Å². The highest BCUT2D eigenvalue weighted by atomic mass is 16.7. The van der Waals surface area contributed by atoms with Gasteiger partial charge in [0.2, 0.25) is 11.4 Å². The summed E-state index contributed by atoms with van der Waals surface area (Å²) in [5.41, 5.74) is -0.522.